The van der Waals surface area contributed by atoms with Crippen molar-refractivity contribution in [2.24, 2.45) is 0 Å². The molecule has 4 nitrogen and oxygen atoms in total. The zero-order valence-corrected chi connectivity index (χ0v) is 9.31. The SMILES string of the molecule is C1CCOC1.COc1ccc(C(=O)O)cc1. The number of hydrogen-bond acceptors (Lipinski definition) is 3. The van der Waals surface area contributed by atoms with Crippen LogP contribution in [0.1, 0.15) is 23.2 Å². The van der Waals surface area contributed by atoms with Crippen LogP contribution in [0, 0.1) is 0 Å². The standard InChI is InChI=1S/C8H8O3.C4H8O/c1-11-7-4-2-6(3-5-7)8(9)10;1-2-4-5-3-1/h2-5H,1H3,(H,9,10);1-4H2. The number of ether oxygens (including phenoxy) is 2. The molecule has 1 N–H and O–H groups in total. The van der Waals surface area contributed by atoms with Crippen molar-refractivity contribution in [1.29, 1.82) is 0 Å². The number of carbonyl (C=O) groups is 1. The summed E-state index contributed by atoms with van der Waals surface area (Å²) in [6.07, 6.45) is 2.56. The molecule has 1 aliphatic rings. The average Bonchev–Trinajstić information content (AvgIpc) is 2.88. The first kappa shape index (κ1) is 12.5. The molecule has 1 heterocycles. The van der Waals surface area contributed by atoms with Gasteiger partial charge < -0.3 is 14.6 Å². The molecule has 16 heavy (non-hydrogen) atoms. The van der Waals surface area contributed by atoms with Crippen LogP contribution in [0.2, 0.25) is 0 Å². The predicted octanol–water partition coefficient (Wildman–Crippen LogP) is 2.19. The van der Waals surface area contributed by atoms with Crippen molar-refractivity contribution in [2.45, 2.75) is 12.8 Å². The van der Waals surface area contributed by atoms with Crippen molar-refractivity contribution >= 4 is 5.97 Å². The molecular formula is C12H16O4. The highest BCUT2D eigenvalue weighted by molar-refractivity contribution is 5.87. The Bertz CT molecular complexity index is 307. The zero-order chi connectivity index (χ0) is 11.8. The van der Waals surface area contributed by atoms with Gasteiger partial charge >= 0.3 is 5.97 Å². The van der Waals surface area contributed by atoms with Crippen LogP contribution in [0.15, 0.2) is 24.3 Å². The minimum absolute atomic E-state index is 0.269. The van der Waals surface area contributed by atoms with Gasteiger partial charge in [0.1, 0.15) is 5.75 Å². The normalized spacial score (nSPS) is 13.8. The number of benzene rings is 1. The average molecular weight is 224 g/mol. The lowest BCUT2D eigenvalue weighted by molar-refractivity contribution is 0.0697. The van der Waals surface area contributed by atoms with Crippen molar-refractivity contribution in [3.05, 3.63) is 29.8 Å². The largest absolute Gasteiger partial charge is 0.497 e. The van der Waals surface area contributed by atoms with Crippen molar-refractivity contribution in [3.8, 4) is 5.75 Å². The van der Waals surface area contributed by atoms with Gasteiger partial charge in [-0.15, -0.1) is 0 Å². The van der Waals surface area contributed by atoms with Crippen LogP contribution in [0.4, 0.5) is 0 Å². The third-order valence-corrected chi connectivity index (χ3v) is 2.16. The molecular weight excluding hydrogens is 208 g/mol. The fraction of sp³-hybridized carbons (Fsp3) is 0.417. The van der Waals surface area contributed by atoms with Gasteiger partial charge in [0.25, 0.3) is 0 Å². The molecule has 0 aliphatic carbocycles. The van der Waals surface area contributed by atoms with E-state index < -0.39 is 5.97 Å². The summed E-state index contributed by atoms with van der Waals surface area (Å²) in [4.78, 5) is 10.4. The number of aromatic carboxylic acids is 1. The molecule has 4 heteroatoms. The van der Waals surface area contributed by atoms with Gasteiger partial charge in [-0.2, -0.15) is 0 Å². The molecule has 0 bridgehead atoms. The fourth-order valence-corrected chi connectivity index (χ4v) is 1.24. The van der Waals surface area contributed by atoms with E-state index in [1.54, 1.807) is 12.1 Å². The Kier molecular flexibility index (Phi) is 5.36. The molecule has 88 valence electrons. The monoisotopic (exact) mass is 224 g/mol. The summed E-state index contributed by atoms with van der Waals surface area (Å²) in [5.41, 5.74) is 0.269. The smallest absolute Gasteiger partial charge is 0.335 e. The van der Waals surface area contributed by atoms with Crippen molar-refractivity contribution < 1.29 is 19.4 Å². The van der Waals surface area contributed by atoms with Gasteiger partial charge in [0.2, 0.25) is 0 Å². The van der Waals surface area contributed by atoms with E-state index in [-0.39, 0.29) is 5.56 Å². The van der Waals surface area contributed by atoms with Crippen LogP contribution in [0.25, 0.3) is 0 Å². The van der Waals surface area contributed by atoms with E-state index in [4.69, 9.17) is 14.6 Å². The second-order valence-electron chi connectivity index (χ2n) is 3.35. The van der Waals surface area contributed by atoms with Crippen LogP contribution >= 0.6 is 0 Å². The quantitative estimate of drug-likeness (QED) is 0.836. The Morgan fingerprint density at radius 2 is 1.81 bits per heavy atom. The Morgan fingerprint density at radius 1 is 1.25 bits per heavy atom. The minimum Gasteiger partial charge on any atom is -0.497 e. The highest BCUT2D eigenvalue weighted by Gasteiger charge is 2.00. The van der Waals surface area contributed by atoms with E-state index in [1.165, 1.54) is 32.1 Å². The Labute approximate surface area is 94.8 Å². The van der Waals surface area contributed by atoms with Gasteiger partial charge in [-0.25, -0.2) is 4.79 Å². The zero-order valence-electron chi connectivity index (χ0n) is 9.31. The van der Waals surface area contributed by atoms with E-state index in [0.29, 0.717) is 5.75 Å². The van der Waals surface area contributed by atoms with Crippen molar-refractivity contribution in [1.82, 2.24) is 0 Å². The van der Waals surface area contributed by atoms with Gasteiger partial charge in [-0.1, -0.05) is 0 Å². The highest BCUT2D eigenvalue weighted by Crippen LogP contribution is 2.10. The molecule has 0 amide bonds. The summed E-state index contributed by atoms with van der Waals surface area (Å²) in [6.45, 7) is 2.00. The van der Waals surface area contributed by atoms with Gasteiger partial charge in [-0.3, -0.25) is 0 Å². The molecule has 2 rings (SSSR count). The Morgan fingerprint density at radius 3 is 2.12 bits per heavy atom. The Balaban J connectivity index is 0.000000212. The summed E-state index contributed by atoms with van der Waals surface area (Å²) >= 11 is 0. The fourth-order valence-electron chi connectivity index (χ4n) is 1.24. The second kappa shape index (κ2) is 6.85. The van der Waals surface area contributed by atoms with Crippen molar-refractivity contribution in [2.75, 3.05) is 20.3 Å². The number of rotatable bonds is 2. The number of carboxylic acids is 1. The van der Waals surface area contributed by atoms with Crippen LogP contribution < -0.4 is 4.74 Å². The van der Waals surface area contributed by atoms with E-state index in [9.17, 15) is 4.79 Å². The minimum atomic E-state index is -0.923. The van der Waals surface area contributed by atoms with Crippen LogP contribution in [-0.2, 0) is 4.74 Å². The Hall–Kier alpha value is -1.55. The van der Waals surface area contributed by atoms with Crippen LogP contribution in [-0.4, -0.2) is 31.4 Å². The summed E-state index contributed by atoms with van der Waals surface area (Å²) in [6, 6.07) is 6.23. The molecule has 0 radical (unpaired) electrons. The van der Waals surface area contributed by atoms with Gasteiger partial charge in [0.15, 0.2) is 0 Å². The second-order valence-corrected chi connectivity index (χ2v) is 3.35. The van der Waals surface area contributed by atoms with Crippen molar-refractivity contribution in [3.63, 3.8) is 0 Å². The van der Waals surface area contributed by atoms with Crippen LogP contribution in [0.5, 0.6) is 5.75 Å². The van der Waals surface area contributed by atoms with Crippen LogP contribution in [0.3, 0.4) is 0 Å². The summed E-state index contributed by atoms with van der Waals surface area (Å²) < 4.78 is 9.80. The topological polar surface area (TPSA) is 55.8 Å². The lowest BCUT2D eigenvalue weighted by atomic mass is 10.2. The van der Waals surface area contributed by atoms with E-state index in [0.717, 1.165) is 13.2 Å². The lowest BCUT2D eigenvalue weighted by Gasteiger charge is -1.98. The molecule has 0 saturated carbocycles. The van der Waals surface area contributed by atoms with E-state index >= 15 is 0 Å². The summed E-state index contributed by atoms with van der Waals surface area (Å²) in [5, 5.41) is 8.51. The first-order valence-electron chi connectivity index (χ1n) is 5.19. The highest BCUT2D eigenvalue weighted by atomic mass is 16.5. The molecule has 1 fully saturated rings. The molecule has 1 aromatic carbocycles. The molecule has 1 saturated heterocycles. The van der Waals surface area contributed by atoms with Gasteiger partial charge in [-0.05, 0) is 37.1 Å². The molecule has 1 aromatic rings. The third kappa shape index (κ3) is 4.31. The maximum atomic E-state index is 10.4. The maximum Gasteiger partial charge on any atom is 0.335 e. The number of carboxylic acid groups (broad SMARTS) is 1. The third-order valence-electron chi connectivity index (χ3n) is 2.16. The van der Waals surface area contributed by atoms with Gasteiger partial charge in [0, 0.05) is 13.2 Å². The molecule has 1 aliphatic heterocycles. The summed E-state index contributed by atoms with van der Waals surface area (Å²) in [5.74, 6) is -0.261. The molecule has 0 unspecified atom stereocenters. The first-order chi connectivity index (χ1) is 7.74. The lowest BCUT2D eigenvalue weighted by Crippen LogP contribution is -1.95. The molecule has 0 atom stereocenters. The predicted molar refractivity (Wildman–Crippen MR) is 60.0 cm³/mol. The maximum absolute atomic E-state index is 10.4. The number of methoxy groups -OCH3 is 1. The molecule has 0 aromatic heterocycles. The first-order valence-corrected chi connectivity index (χ1v) is 5.19. The van der Waals surface area contributed by atoms with Gasteiger partial charge in [0.05, 0.1) is 12.7 Å². The summed E-state index contributed by atoms with van der Waals surface area (Å²) in [7, 11) is 1.54. The van der Waals surface area contributed by atoms with E-state index in [2.05, 4.69) is 0 Å². The van der Waals surface area contributed by atoms with E-state index in [1.807, 2.05) is 0 Å². The molecule has 0 spiro atoms. The number of hydrogen-bond donors (Lipinski definition) is 1.